The lowest BCUT2D eigenvalue weighted by Crippen LogP contribution is -2.25. The maximum absolute atomic E-state index is 8.69. The number of nitrogens with zero attached hydrogens (tertiary/aromatic N) is 4. The summed E-state index contributed by atoms with van der Waals surface area (Å²) in [6, 6.07) is 4.13. The summed E-state index contributed by atoms with van der Waals surface area (Å²) in [5, 5.41) is 11.8. The van der Waals surface area contributed by atoms with Crippen LogP contribution < -0.4 is 10.2 Å². The van der Waals surface area contributed by atoms with Crippen molar-refractivity contribution in [3.8, 4) is 6.07 Å². The van der Waals surface area contributed by atoms with E-state index in [1.54, 1.807) is 0 Å². The number of anilines is 2. The second-order valence-electron chi connectivity index (χ2n) is 4.48. The smallest absolute Gasteiger partial charge is 0.136 e. The fourth-order valence-electron chi connectivity index (χ4n) is 1.89. The van der Waals surface area contributed by atoms with Gasteiger partial charge in [0.1, 0.15) is 17.5 Å². The standard InChI is InChI=1S/C13H19N5/c1-3-18(8-4-7-14)12-9-11(15-2)16-13(17-12)10-5-6-10/h9-10H,3-6,8H2,1-2H3,(H,15,16,17). The highest BCUT2D eigenvalue weighted by Crippen LogP contribution is 2.39. The molecule has 1 aliphatic rings. The lowest BCUT2D eigenvalue weighted by Gasteiger charge is -2.21. The van der Waals surface area contributed by atoms with E-state index in [-0.39, 0.29) is 0 Å². The molecule has 96 valence electrons. The molecule has 1 fully saturated rings. The van der Waals surface area contributed by atoms with Crippen molar-refractivity contribution in [1.29, 1.82) is 5.26 Å². The van der Waals surface area contributed by atoms with Crippen LogP contribution in [0.5, 0.6) is 0 Å². The Morgan fingerprint density at radius 1 is 1.50 bits per heavy atom. The topological polar surface area (TPSA) is 64.8 Å². The van der Waals surface area contributed by atoms with Crippen LogP contribution in [0.25, 0.3) is 0 Å². The number of hydrogen-bond donors (Lipinski definition) is 1. The molecule has 5 heteroatoms. The van der Waals surface area contributed by atoms with Crippen LogP contribution in [0, 0.1) is 11.3 Å². The van der Waals surface area contributed by atoms with Crippen LogP contribution in [0.3, 0.4) is 0 Å². The predicted octanol–water partition coefficient (Wildman–Crippen LogP) is 2.14. The summed E-state index contributed by atoms with van der Waals surface area (Å²) < 4.78 is 0. The summed E-state index contributed by atoms with van der Waals surface area (Å²) >= 11 is 0. The third-order valence-electron chi connectivity index (χ3n) is 3.13. The number of aromatic nitrogens is 2. The summed E-state index contributed by atoms with van der Waals surface area (Å²) in [4.78, 5) is 11.3. The maximum atomic E-state index is 8.69. The Morgan fingerprint density at radius 2 is 2.28 bits per heavy atom. The van der Waals surface area contributed by atoms with Crippen molar-refractivity contribution in [2.45, 2.75) is 32.1 Å². The van der Waals surface area contributed by atoms with E-state index < -0.39 is 0 Å². The largest absolute Gasteiger partial charge is 0.373 e. The van der Waals surface area contributed by atoms with Gasteiger partial charge in [0.2, 0.25) is 0 Å². The first-order valence-electron chi connectivity index (χ1n) is 6.47. The zero-order valence-electron chi connectivity index (χ0n) is 11.0. The first-order valence-corrected chi connectivity index (χ1v) is 6.47. The molecule has 1 aromatic rings. The molecule has 0 aromatic carbocycles. The summed E-state index contributed by atoms with van der Waals surface area (Å²) in [6.45, 7) is 3.65. The highest BCUT2D eigenvalue weighted by molar-refractivity contribution is 5.49. The molecule has 0 radical (unpaired) electrons. The molecular weight excluding hydrogens is 226 g/mol. The Balaban J connectivity index is 2.23. The fourth-order valence-corrected chi connectivity index (χ4v) is 1.89. The van der Waals surface area contributed by atoms with Crippen LogP contribution in [0.1, 0.15) is 37.9 Å². The van der Waals surface area contributed by atoms with Crippen LogP contribution >= 0.6 is 0 Å². The van der Waals surface area contributed by atoms with Crippen molar-refractivity contribution < 1.29 is 0 Å². The normalized spacial score (nSPS) is 14.1. The third kappa shape index (κ3) is 2.89. The molecule has 0 spiro atoms. The average molecular weight is 245 g/mol. The predicted molar refractivity (Wildman–Crippen MR) is 71.7 cm³/mol. The number of hydrogen-bond acceptors (Lipinski definition) is 5. The lowest BCUT2D eigenvalue weighted by atomic mass is 10.3. The van der Waals surface area contributed by atoms with E-state index in [0.717, 1.165) is 30.5 Å². The van der Waals surface area contributed by atoms with Crippen molar-refractivity contribution >= 4 is 11.6 Å². The highest BCUT2D eigenvalue weighted by Gasteiger charge is 2.27. The lowest BCUT2D eigenvalue weighted by molar-refractivity contribution is 0.794. The molecule has 0 amide bonds. The SMILES string of the molecule is CCN(CCC#N)c1cc(NC)nc(C2CC2)n1. The minimum absolute atomic E-state index is 0.519. The first kappa shape index (κ1) is 12.6. The summed E-state index contributed by atoms with van der Waals surface area (Å²) in [7, 11) is 1.87. The quantitative estimate of drug-likeness (QED) is 0.831. The minimum atomic E-state index is 0.519. The van der Waals surface area contributed by atoms with Gasteiger partial charge in [0.15, 0.2) is 0 Å². The molecule has 2 rings (SSSR count). The number of rotatable bonds is 6. The van der Waals surface area contributed by atoms with Gasteiger partial charge in [-0.05, 0) is 19.8 Å². The van der Waals surface area contributed by atoms with E-state index in [2.05, 4.69) is 33.2 Å². The number of nitrogens with one attached hydrogen (secondary N) is 1. The zero-order valence-corrected chi connectivity index (χ0v) is 11.0. The van der Waals surface area contributed by atoms with Crippen LogP contribution in [0.2, 0.25) is 0 Å². The Kier molecular flexibility index (Phi) is 3.98. The molecule has 0 aliphatic heterocycles. The van der Waals surface area contributed by atoms with E-state index in [0.29, 0.717) is 12.3 Å². The molecule has 1 heterocycles. The summed E-state index contributed by atoms with van der Waals surface area (Å²) in [5.41, 5.74) is 0. The van der Waals surface area contributed by atoms with Gasteiger partial charge in [0, 0.05) is 32.1 Å². The molecule has 1 N–H and O–H groups in total. The van der Waals surface area contributed by atoms with Crippen molar-refractivity contribution in [2.75, 3.05) is 30.4 Å². The van der Waals surface area contributed by atoms with E-state index >= 15 is 0 Å². The molecule has 1 saturated carbocycles. The molecule has 0 unspecified atom stereocenters. The van der Waals surface area contributed by atoms with Gasteiger partial charge in [-0.3, -0.25) is 0 Å². The van der Waals surface area contributed by atoms with Crippen LogP contribution in [0.4, 0.5) is 11.6 Å². The monoisotopic (exact) mass is 245 g/mol. The van der Waals surface area contributed by atoms with Crippen molar-refractivity contribution in [3.63, 3.8) is 0 Å². The fraction of sp³-hybridized carbons (Fsp3) is 0.615. The Labute approximate surface area is 108 Å². The van der Waals surface area contributed by atoms with Gasteiger partial charge < -0.3 is 10.2 Å². The van der Waals surface area contributed by atoms with E-state index in [4.69, 9.17) is 5.26 Å². The molecule has 0 saturated heterocycles. The van der Waals surface area contributed by atoms with Gasteiger partial charge in [-0.15, -0.1) is 0 Å². The highest BCUT2D eigenvalue weighted by atomic mass is 15.2. The van der Waals surface area contributed by atoms with Crippen LogP contribution in [-0.2, 0) is 0 Å². The molecule has 1 aliphatic carbocycles. The van der Waals surface area contributed by atoms with Gasteiger partial charge in [0.25, 0.3) is 0 Å². The minimum Gasteiger partial charge on any atom is -0.373 e. The summed E-state index contributed by atoms with van der Waals surface area (Å²) in [6.07, 6.45) is 2.90. The van der Waals surface area contributed by atoms with Crippen molar-refractivity contribution in [1.82, 2.24) is 9.97 Å². The van der Waals surface area contributed by atoms with E-state index in [1.165, 1.54) is 12.8 Å². The number of nitriles is 1. The molecule has 1 aromatic heterocycles. The third-order valence-corrected chi connectivity index (χ3v) is 3.13. The Bertz CT molecular complexity index is 447. The Morgan fingerprint density at radius 3 is 2.83 bits per heavy atom. The van der Waals surface area contributed by atoms with Crippen molar-refractivity contribution in [3.05, 3.63) is 11.9 Å². The van der Waals surface area contributed by atoms with E-state index in [9.17, 15) is 0 Å². The van der Waals surface area contributed by atoms with Gasteiger partial charge in [0.05, 0.1) is 12.5 Å². The van der Waals surface area contributed by atoms with Crippen LogP contribution in [-0.4, -0.2) is 30.1 Å². The van der Waals surface area contributed by atoms with Gasteiger partial charge in [-0.1, -0.05) is 0 Å². The van der Waals surface area contributed by atoms with Gasteiger partial charge >= 0.3 is 0 Å². The molecule has 0 bridgehead atoms. The molecule has 0 atom stereocenters. The van der Waals surface area contributed by atoms with Crippen LogP contribution in [0.15, 0.2) is 6.07 Å². The molecule has 5 nitrogen and oxygen atoms in total. The van der Waals surface area contributed by atoms with Crippen molar-refractivity contribution in [2.24, 2.45) is 0 Å². The molecule has 18 heavy (non-hydrogen) atoms. The second-order valence-corrected chi connectivity index (χ2v) is 4.48. The van der Waals surface area contributed by atoms with E-state index in [1.807, 2.05) is 13.1 Å². The maximum Gasteiger partial charge on any atom is 0.136 e. The Hall–Kier alpha value is -1.83. The van der Waals surface area contributed by atoms with Gasteiger partial charge in [-0.2, -0.15) is 5.26 Å². The average Bonchev–Trinajstić information content (AvgIpc) is 3.23. The first-order chi connectivity index (χ1) is 8.78. The zero-order chi connectivity index (χ0) is 13.0. The second kappa shape index (κ2) is 5.67. The summed E-state index contributed by atoms with van der Waals surface area (Å²) in [5.74, 6) is 3.25. The molecular formula is C13H19N5. The van der Waals surface area contributed by atoms with Gasteiger partial charge in [-0.25, -0.2) is 9.97 Å².